The number of rotatable bonds is 9. The first-order chi connectivity index (χ1) is 17.3. The highest BCUT2D eigenvalue weighted by Crippen LogP contribution is 2.38. The van der Waals surface area contributed by atoms with Crippen molar-refractivity contribution in [2.75, 3.05) is 6.61 Å². The molecule has 0 aliphatic rings. The second kappa shape index (κ2) is 10.2. The number of nitrogens with two attached hydrogens (primary N) is 1. The highest BCUT2D eigenvalue weighted by atomic mass is 28.4. The fourth-order valence-corrected chi connectivity index (χ4v) is 10.4. The highest BCUT2D eigenvalue weighted by molar-refractivity contribution is 6.99. The molecule has 0 saturated heterocycles. The van der Waals surface area contributed by atoms with Crippen LogP contribution in [0.4, 0.5) is 8.78 Å². The number of nitrogens with one attached hydrogen (secondary N) is 1. The summed E-state index contributed by atoms with van der Waals surface area (Å²) in [6.07, 6.45) is 2.35. The molecule has 1 aromatic heterocycles. The van der Waals surface area contributed by atoms with E-state index < -0.39 is 19.5 Å². The molecule has 4 aromatic rings. The lowest BCUT2D eigenvalue weighted by atomic mass is 9.84. The van der Waals surface area contributed by atoms with Crippen molar-refractivity contribution >= 4 is 29.6 Å². The summed E-state index contributed by atoms with van der Waals surface area (Å²) in [5.41, 5.74) is 5.86. The Bertz CT molecular complexity index is 1290. The van der Waals surface area contributed by atoms with Crippen LogP contribution in [0, 0.1) is 5.82 Å². The van der Waals surface area contributed by atoms with Crippen molar-refractivity contribution in [3.63, 3.8) is 0 Å². The molecule has 2 atom stereocenters. The van der Waals surface area contributed by atoms with Gasteiger partial charge in [-0.05, 0) is 59.4 Å². The average Bonchev–Trinajstić information content (AvgIpc) is 3.20. The van der Waals surface area contributed by atoms with Gasteiger partial charge in [-0.3, -0.25) is 0 Å². The van der Waals surface area contributed by atoms with Gasteiger partial charge in [0.25, 0.3) is 8.32 Å². The number of hydrogen-bond donors (Lipinski definition) is 2. The molecule has 3 N–H and O–H groups in total. The topological polar surface area (TPSA) is 51.0 Å². The summed E-state index contributed by atoms with van der Waals surface area (Å²) in [5.74, 6) is -0.305. The molecule has 0 spiro atoms. The number of aromatic amines is 1. The molecule has 196 valence electrons. The van der Waals surface area contributed by atoms with Crippen molar-refractivity contribution in [2.24, 2.45) is 5.73 Å². The van der Waals surface area contributed by atoms with Crippen LogP contribution >= 0.6 is 0 Å². The Labute approximate surface area is 220 Å². The van der Waals surface area contributed by atoms with E-state index in [2.05, 4.69) is 50.0 Å². The third-order valence-corrected chi connectivity index (χ3v) is 12.1. The van der Waals surface area contributed by atoms with Gasteiger partial charge >= 0.3 is 0 Å². The molecule has 6 heteroatoms. The van der Waals surface area contributed by atoms with E-state index in [9.17, 15) is 4.39 Å². The zero-order valence-corrected chi connectivity index (χ0v) is 23.4. The van der Waals surface area contributed by atoms with Gasteiger partial charge in [-0.2, -0.15) is 0 Å². The van der Waals surface area contributed by atoms with Gasteiger partial charge in [0.2, 0.25) is 0 Å². The standard InChI is InChI=1S/C31H38F2N2OSi/c1-29(2,3)37(25-12-8-6-9-13-25,26-14-10-7-11-15-26)36-22-30(4,33)21-31(5,34)19-23-20-35-28-17-16-24(32)18-27(23)28/h6-18,20,35H,19,21-22,34H2,1-5H3. The fraction of sp³-hybridized carbons (Fsp3) is 0.355. The molecule has 3 nitrogen and oxygen atoms in total. The summed E-state index contributed by atoms with van der Waals surface area (Å²) < 4.78 is 37.0. The summed E-state index contributed by atoms with van der Waals surface area (Å²) in [6.45, 7) is 9.89. The molecule has 1 heterocycles. The molecular formula is C31H38F2N2OSi. The Morgan fingerprint density at radius 1 is 0.865 bits per heavy atom. The fourth-order valence-electron chi connectivity index (χ4n) is 5.71. The van der Waals surface area contributed by atoms with Crippen LogP contribution in [-0.2, 0) is 10.8 Å². The SMILES string of the molecule is CC(N)(Cc1c[nH]c2ccc(F)cc12)CC(C)(F)CO[Si](c1ccccc1)(c1ccccc1)C(C)(C)C. The quantitative estimate of drug-likeness (QED) is 0.256. The van der Waals surface area contributed by atoms with Crippen LogP contribution < -0.4 is 16.1 Å². The van der Waals surface area contributed by atoms with Crippen LogP contribution in [0.5, 0.6) is 0 Å². The van der Waals surface area contributed by atoms with Gasteiger partial charge in [0.1, 0.15) is 11.5 Å². The Balaban J connectivity index is 1.61. The molecular weight excluding hydrogens is 482 g/mol. The predicted molar refractivity (Wildman–Crippen MR) is 152 cm³/mol. The summed E-state index contributed by atoms with van der Waals surface area (Å²) >= 11 is 0. The van der Waals surface area contributed by atoms with Crippen LogP contribution in [0.3, 0.4) is 0 Å². The number of aromatic nitrogens is 1. The van der Waals surface area contributed by atoms with Crippen LogP contribution in [0.15, 0.2) is 85.1 Å². The molecule has 0 bridgehead atoms. The van der Waals surface area contributed by atoms with Crippen molar-refractivity contribution in [1.29, 1.82) is 0 Å². The van der Waals surface area contributed by atoms with Crippen LogP contribution in [0.25, 0.3) is 10.9 Å². The maximum Gasteiger partial charge on any atom is 0.261 e. The zero-order valence-electron chi connectivity index (χ0n) is 22.4. The molecule has 0 amide bonds. The van der Waals surface area contributed by atoms with E-state index in [1.807, 2.05) is 49.5 Å². The first kappa shape index (κ1) is 27.2. The van der Waals surface area contributed by atoms with Gasteiger partial charge in [0.05, 0.1) is 6.61 Å². The van der Waals surface area contributed by atoms with Gasteiger partial charge in [-0.25, -0.2) is 8.78 Å². The van der Waals surface area contributed by atoms with E-state index in [0.717, 1.165) is 26.8 Å². The van der Waals surface area contributed by atoms with E-state index in [-0.39, 0.29) is 23.9 Å². The van der Waals surface area contributed by atoms with Gasteiger partial charge in [-0.1, -0.05) is 81.4 Å². The molecule has 0 fully saturated rings. The van der Waals surface area contributed by atoms with Crippen LogP contribution in [-0.4, -0.2) is 31.1 Å². The molecule has 0 saturated carbocycles. The predicted octanol–water partition coefficient (Wildman–Crippen LogP) is 6.26. The van der Waals surface area contributed by atoms with Crippen LogP contribution in [0.2, 0.25) is 5.04 Å². The number of benzene rings is 3. The van der Waals surface area contributed by atoms with Crippen molar-refractivity contribution in [2.45, 2.75) is 63.7 Å². The molecule has 0 radical (unpaired) electrons. The van der Waals surface area contributed by atoms with E-state index in [0.29, 0.717) is 6.42 Å². The Hall–Kier alpha value is -2.80. The molecule has 0 aliphatic heterocycles. The maximum atomic E-state index is 16.3. The zero-order chi connectivity index (χ0) is 26.9. The second-order valence-corrected chi connectivity index (χ2v) is 16.2. The van der Waals surface area contributed by atoms with E-state index in [1.54, 1.807) is 13.0 Å². The smallest absolute Gasteiger partial charge is 0.261 e. The molecule has 2 unspecified atom stereocenters. The summed E-state index contributed by atoms with van der Waals surface area (Å²) in [4.78, 5) is 3.16. The van der Waals surface area contributed by atoms with Crippen molar-refractivity contribution in [3.05, 3.63) is 96.4 Å². The minimum Gasteiger partial charge on any atom is -0.404 e. The summed E-state index contributed by atoms with van der Waals surface area (Å²) in [5, 5.41) is 2.76. The number of hydrogen-bond acceptors (Lipinski definition) is 2. The summed E-state index contributed by atoms with van der Waals surface area (Å²) in [6, 6.07) is 25.1. The van der Waals surface area contributed by atoms with Gasteiger partial charge in [0.15, 0.2) is 0 Å². The molecule has 0 aliphatic carbocycles. The lowest BCUT2D eigenvalue weighted by Crippen LogP contribution is -2.67. The lowest BCUT2D eigenvalue weighted by molar-refractivity contribution is 0.0667. The number of halogens is 2. The van der Waals surface area contributed by atoms with Gasteiger partial charge in [0, 0.05) is 29.1 Å². The number of alkyl halides is 1. The Morgan fingerprint density at radius 2 is 1.43 bits per heavy atom. The van der Waals surface area contributed by atoms with Crippen molar-refractivity contribution < 1.29 is 13.2 Å². The first-order valence-electron chi connectivity index (χ1n) is 12.8. The number of H-pyrrole nitrogens is 1. The van der Waals surface area contributed by atoms with Crippen LogP contribution in [0.1, 0.15) is 46.6 Å². The third kappa shape index (κ3) is 5.87. The highest BCUT2D eigenvalue weighted by Gasteiger charge is 2.51. The molecule has 4 rings (SSSR count). The molecule has 3 aromatic carbocycles. The van der Waals surface area contributed by atoms with Crippen molar-refractivity contribution in [1.82, 2.24) is 4.98 Å². The minimum absolute atomic E-state index is 0.0738. The van der Waals surface area contributed by atoms with E-state index in [1.165, 1.54) is 12.1 Å². The molecule has 37 heavy (non-hydrogen) atoms. The monoisotopic (exact) mass is 520 g/mol. The first-order valence-corrected chi connectivity index (χ1v) is 14.7. The van der Waals surface area contributed by atoms with Gasteiger partial charge < -0.3 is 15.1 Å². The second-order valence-electron chi connectivity index (χ2n) is 11.9. The normalized spacial score (nSPS) is 15.9. The van der Waals surface area contributed by atoms with Gasteiger partial charge in [-0.15, -0.1) is 0 Å². The third-order valence-electron chi connectivity index (χ3n) is 7.10. The lowest BCUT2D eigenvalue weighted by Gasteiger charge is -2.44. The Kier molecular flexibility index (Phi) is 7.48. The minimum atomic E-state index is -2.87. The maximum absolute atomic E-state index is 16.3. The average molecular weight is 521 g/mol. The van der Waals surface area contributed by atoms with E-state index >= 15 is 4.39 Å². The summed E-state index contributed by atoms with van der Waals surface area (Å²) in [7, 11) is -2.87. The van der Waals surface area contributed by atoms with Crippen molar-refractivity contribution in [3.8, 4) is 0 Å². The largest absolute Gasteiger partial charge is 0.404 e. The van der Waals surface area contributed by atoms with E-state index in [4.69, 9.17) is 10.2 Å². The number of fused-ring (bicyclic) bond motifs is 1. The Morgan fingerprint density at radius 3 is 1.97 bits per heavy atom.